The molecular formula is C25H30N2O4. The van der Waals surface area contributed by atoms with Crippen LogP contribution in [0.25, 0.3) is 0 Å². The molecule has 0 aromatic heterocycles. The van der Waals surface area contributed by atoms with E-state index in [0.29, 0.717) is 18.8 Å². The smallest absolute Gasteiger partial charge is 0.325 e. The summed E-state index contributed by atoms with van der Waals surface area (Å²) in [5, 5.41) is 13.5. The first-order chi connectivity index (χ1) is 15.0. The molecule has 2 aliphatic rings. The first-order valence-corrected chi connectivity index (χ1v) is 11.0. The zero-order valence-corrected chi connectivity index (χ0v) is 17.9. The minimum absolute atomic E-state index is 0.00947. The highest BCUT2D eigenvalue weighted by Gasteiger charge is 2.52. The molecule has 1 saturated carbocycles. The third kappa shape index (κ3) is 4.65. The zero-order valence-electron chi connectivity index (χ0n) is 17.9. The molecule has 4 rings (SSSR count). The number of aliphatic hydroxyl groups is 1. The van der Waals surface area contributed by atoms with Crippen LogP contribution in [-0.4, -0.2) is 46.7 Å². The lowest BCUT2D eigenvalue weighted by Gasteiger charge is -2.33. The van der Waals surface area contributed by atoms with Crippen LogP contribution in [0.2, 0.25) is 0 Å². The van der Waals surface area contributed by atoms with E-state index in [1.54, 1.807) is 0 Å². The topological polar surface area (TPSA) is 78.9 Å². The van der Waals surface area contributed by atoms with Crippen LogP contribution >= 0.6 is 0 Å². The molecule has 0 bridgehead atoms. The van der Waals surface area contributed by atoms with E-state index in [-0.39, 0.29) is 25.2 Å². The molecule has 1 saturated heterocycles. The van der Waals surface area contributed by atoms with E-state index in [1.165, 1.54) is 0 Å². The molecule has 6 heteroatoms. The predicted octanol–water partition coefficient (Wildman–Crippen LogP) is 3.65. The number of aliphatic hydroxyl groups excluding tert-OH is 1. The van der Waals surface area contributed by atoms with Gasteiger partial charge in [0.1, 0.15) is 11.6 Å². The third-order valence-electron chi connectivity index (χ3n) is 6.43. The van der Waals surface area contributed by atoms with Crippen LogP contribution in [0.5, 0.6) is 0 Å². The predicted molar refractivity (Wildman–Crippen MR) is 117 cm³/mol. The lowest BCUT2D eigenvalue weighted by molar-refractivity contribution is -0.134. The second kappa shape index (κ2) is 9.20. The summed E-state index contributed by atoms with van der Waals surface area (Å²) in [6.07, 6.45) is 1.84. The molecule has 1 unspecified atom stereocenters. The van der Waals surface area contributed by atoms with Gasteiger partial charge < -0.3 is 15.2 Å². The fourth-order valence-corrected chi connectivity index (χ4v) is 4.55. The lowest BCUT2D eigenvalue weighted by Crippen LogP contribution is -2.49. The van der Waals surface area contributed by atoms with Crippen molar-refractivity contribution in [3.8, 4) is 0 Å². The van der Waals surface area contributed by atoms with Crippen molar-refractivity contribution in [2.45, 2.75) is 50.4 Å². The molecular weight excluding hydrogens is 392 g/mol. The molecule has 164 valence electrons. The summed E-state index contributed by atoms with van der Waals surface area (Å²) < 4.78 is 6.09. The average molecular weight is 423 g/mol. The van der Waals surface area contributed by atoms with Gasteiger partial charge in [0.05, 0.1) is 19.3 Å². The van der Waals surface area contributed by atoms with E-state index in [9.17, 15) is 14.7 Å². The second-order valence-corrected chi connectivity index (χ2v) is 8.80. The highest BCUT2D eigenvalue weighted by Crippen LogP contribution is 2.36. The Bertz CT molecular complexity index is 855. The molecule has 2 N–H and O–H groups in total. The molecule has 1 aliphatic carbocycles. The van der Waals surface area contributed by atoms with Crippen LogP contribution in [0.4, 0.5) is 4.79 Å². The number of carbonyl (C=O) groups is 2. The Morgan fingerprint density at radius 2 is 1.58 bits per heavy atom. The Labute approximate surface area is 183 Å². The quantitative estimate of drug-likeness (QED) is 0.668. The van der Waals surface area contributed by atoms with Gasteiger partial charge in [-0.1, -0.05) is 67.6 Å². The van der Waals surface area contributed by atoms with E-state index in [0.717, 1.165) is 28.9 Å². The van der Waals surface area contributed by atoms with Crippen molar-refractivity contribution in [2.75, 3.05) is 13.2 Å². The van der Waals surface area contributed by atoms with Gasteiger partial charge in [-0.2, -0.15) is 0 Å². The molecule has 6 nitrogen and oxygen atoms in total. The van der Waals surface area contributed by atoms with Crippen molar-refractivity contribution in [3.63, 3.8) is 0 Å². The van der Waals surface area contributed by atoms with Crippen LogP contribution in [0.3, 0.4) is 0 Å². The molecule has 2 fully saturated rings. The van der Waals surface area contributed by atoms with Gasteiger partial charge >= 0.3 is 6.03 Å². The van der Waals surface area contributed by atoms with Crippen molar-refractivity contribution < 1.29 is 19.4 Å². The maximum absolute atomic E-state index is 13.0. The summed E-state index contributed by atoms with van der Waals surface area (Å²) in [5.74, 6) is 0.349. The second-order valence-electron chi connectivity index (χ2n) is 8.80. The third-order valence-corrected chi connectivity index (χ3v) is 6.43. The number of benzene rings is 2. The molecule has 2 aromatic carbocycles. The Hall–Kier alpha value is -2.70. The maximum atomic E-state index is 13.0. The summed E-state index contributed by atoms with van der Waals surface area (Å²) >= 11 is 0. The normalized spacial score (nSPS) is 24.6. The van der Waals surface area contributed by atoms with Gasteiger partial charge in [0.2, 0.25) is 0 Å². The molecule has 1 heterocycles. The number of imide groups is 1. The van der Waals surface area contributed by atoms with Gasteiger partial charge in [0.25, 0.3) is 5.91 Å². The Kier molecular flexibility index (Phi) is 6.39. The fourth-order valence-electron chi connectivity index (χ4n) is 4.55. The molecule has 2 aromatic rings. The lowest BCUT2D eigenvalue weighted by atomic mass is 9.77. The number of ether oxygens (including phenoxy) is 1. The summed E-state index contributed by atoms with van der Waals surface area (Å²) in [6, 6.07) is 19.2. The largest absolute Gasteiger partial charge is 0.389 e. The van der Waals surface area contributed by atoms with Crippen molar-refractivity contribution in [3.05, 3.63) is 71.8 Å². The van der Waals surface area contributed by atoms with Gasteiger partial charge in [-0.05, 0) is 42.7 Å². The minimum Gasteiger partial charge on any atom is -0.389 e. The van der Waals surface area contributed by atoms with E-state index in [1.807, 2.05) is 60.7 Å². The molecule has 1 aliphatic heterocycles. The Balaban J connectivity index is 1.40. The number of hydrogen-bond acceptors (Lipinski definition) is 4. The highest BCUT2D eigenvalue weighted by molar-refractivity contribution is 6.07. The Morgan fingerprint density at radius 3 is 2.13 bits per heavy atom. The van der Waals surface area contributed by atoms with Crippen LogP contribution in [-0.2, 0) is 9.53 Å². The average Bonchev–Trinajstić information content (AvgIpc) is 3.01. The number of rotatable bonds is 7. The fraction of sp³-hybridized carbons (Fsp3) is 0.440. The molecule has 31 heavy (non-hydrogen) atoms. The zero-order chi connectivity index (χ0) is 21.8. The van der Waals surface area contributed by atoms with Crippen LogP contribution in [0.15, 0.2) is 60.7 Å². The van der Waals surface area contributed by atoms with Gasteiger partial charge in [-0.3, -0.25) is 9.69 Å². The van der Waals surface area contributed by atoms with Gasteiger partial charge in [-0.25, -0.2) is 4.79 Å². The standard InChI is InChI=1S/C25H30N2O4/c1-18-12-14-25(15-13-18)23(29)27(24(30)26-25)16-21(28)17-31-22(19-8-4-2-5-9-19)20-10-6-3-7-11-20/h2-11,18,21-22,28H,12-17H2,1H3,(H,26,30). The Morgan fingerprint density at radius 1 is 1.03 bits per heavy atom. The molecule has 0 radical (unpaired) electrons. The van der Waals surface area contributed by atoms with E-state index in [4.69, 9.17) is 4.74 Å². The summed E-state index contributed by atoms with van der Waals surface area (Å²) in [7, 11) is 0. The number of amides is 3. The summed E-state index contributed by atoms with van der Waals surface area (Å²) in [4.78, 5) is 26.7. The van der Waals surface area contributed by atoms with Crippen molar-refractivity contribution in [1.29, 1.82) is 0 Å². The summed E-state index contributed by atoms with van der Waals surface area (Å²) in [5.41, 5.74) is 1.16. The van der Waals surface area contributed by atoms with Gasteiger partial charge in [0, 0.05) is 0 Å². The van der Waals surface area contributed by atoms with Crippen molar-refractivity contribution in [1.82, 2.24) is 10.2 Å². The number of hydrogen-bond donors (Lipinski definition) is 2. The van der Waals surface area contributed by atoms with E-state index in [2.05, 4.69) is 12.2 Å². The van der Waals surface area contributed by atoms with Crippen LogP contribution < -0.4 is 5.32 Å². The SMILES string of the molecule is CC1CCC2(CC1)NC(=O)N(CC(O)COC(c1ccccc1)c1ccccc1)C2=O. The highest BCUT2D eigenvalue weighted by atomic mass is 16.5. The molecule has 1 atom stereocenters. The minimum atomic E-state index is -0.970. The first kappa shape index (κ1) is 21.5. The number of carbonyl (C=O) groups excluding carboxylic acids is 2. The van der Waals surface area contributed by atoms with E-state index < -0.39 is 17.7 Å². The number of nitrogens with zero attached hydrogens (tertiary/aromatic N) is 1. The van der Waals surface area contributed by atoms with Crippen molar-refractivity contribution in [2.24, 2.45) is 5.92 Å². The number of β-amino-alcohol motifs (C(OH)–C–C–N with tert-alkyl or cyclic N) is 1. The van der Waals surface area contributed by atoms with Crippen LogP contribution in [0, 0.1) is 5.92 Å². The van der Waals surface area contributed by atoms with Crippen molar-refractivity contribution >= 4 is 11.9 Å². The van der Waals surface area contributed by atoms with E-state index >= 15 is 0 Å². The monoisotopic (exact) mass is 422 g/mol. The van der Waals surface area contributed by atoms with Gasteiger partial charge in [0.15, 0.2) is 0 Å². The summed E-state index contributed by atoms with van der Waals surface area (Å²) in [6.45, 7) is 2.11. The number of urea groups is 1. The molecule has 3 amide bonds. The van der Waals surface area contributed by atoms with Gasteiger partial charge in [-0.15, -0.1) is 0 Å². The molecule has 1 spiro atoms. The number of nitrogens with one attached hydrogen (secondary N) is 1. The first-order valence-electron chi connectivity index (χ1n) is 11.0. The van der Waals surface area contributed by atoms with Crippen LogP contribution in [0.1, 0.15) is 49.8 Å². The maximum Gasteiger partial charge on any atom is 0.325 e.